The molecule has 0 aliphatic heterocycles. The Morgan fingerprint density at radius 2 is 1.60 bits per heavy atom. The number of amides is 2. The lowest BCUT2D eigenvalue weighted by atomic mass is 10.1. The van der Waals surface area contributed by atoms with E-state index >= 15 is 0 Å². The Bertz CT molecular complexity index is 516. The van der Waals surface area contributed by atoms with Crippen molar-refractivity contribution in [1.29, 1.82) is 0 Å². The summed E-state index contributed by atoms with van der Waals surface area (Å²) in [6.07, 6.45) is 0. The molecule has 20 heavy (non-hydrogen) atoms. The van der Waals surface area contributed by atoms with Crippen molar-refractivity contribution in [2.45, 2.75) is 26.3 Å². The van der Waals surface area contributed by atoms with E-state index in [0.717, 1.165) is 0 Å². The third kappa shape index (κ3) is 4.56. The Balaban J connectivity index is 2.66. The van der Waals surface area contributed by atoms with E-state index in [4.69, 9.17) is 0 Å². The zero-order chi connectivity index (χ0) is 15.5. The highest BCUT2D eigenvalue weighted by molar-refractivity contribution is 5.96. The number of carbonyl (C=O) groups excluding carboxylic acids is 2. The van der Waals surface area contributed by atoms with Crippen molar-refractivity contribution in [2.75, 3.05) is 6.54 Å². The van der Waals surface area contributed by atoms with Crippen LogP contribution in [0.4, 0.5) is 13.2 Å². The SMILES string of the molecule is CC(C)(C)NC(=O)CNC(=O)c1cc(F)c(F)c(F)c1. The van der Waals surface area contributed by atoms with Gasteiger partial charge < -0.3 is 10.6 Å². The minimum Gasteiger partial charge on any atom is -0.350 e. The minimum absolute atomic E-state index is 0.350. The maximum absolute atomic E-state index is 12.9. The molecule has 1 aromatic rings. The molecule has 0 heterocycles. The van der Waals surface area contributed by atoms with E-state index in [9.17, 15) is 22.8 Å². The monoisotopic (exact) mass is 288 g/mol. The smallest absolute Gasteiger partial charge is 0.251 e. The van der Waals surface area contributed by atoms with Crippen LogP contribution in [0, 0.1) is 17.5 Å². The van der Waals surface area contributed by atoms with E-state index in [2.05, 4.69) is 10.6 Å². The van der Waals surface area contributed by atoms with Crippen molar-refractivity contribution >= 4 is 11.8 Å². The molecule has 2 amide bonds. The Labute approximate surface area is 114 Å². The van der Waals surface area contributed by atoms with Crippen LogP contribution in [0.15, 0.2) is 12.1 Å². The Morgan fingerprint density at radius 3 is 2.05 bits per heavy atom. The van der Waals surface area contributed by atoms with Gasteiger partial charge in [-0.3, -0.25) is 9.59 Å². The summed E-state index contributed by atoms with van der Waals surface area (Å²) in [6, 6.07) is 1.13. The van der Waals surface area contributed by atoms with Gasteiger partial charge in [-0.25, -0.2) is 13.2 Å². The standard InChI is InChI=1S/C13H15F3N2O2/c1-13(2,3)18-10(19)6-17-12(20)7-4-8(14)11(16)9(15)5-7/h4-5H,6H2,1-3H3,(H,17,20)(H,18,19). The topological polar surface area (TPSA) is 58.2 Å². The number of benzene rings is 1. The molecule has 0 atom stereocenters. The first-order valence-corrected chi connectivity index (χ1v) is 5.84. The highest BCUT2D eigenvalue weighted by Crippen LogP contribution is 2.13. The molecular weight excluding hydrogens is 273 g/mol. The molecule has 0 radical (unpaired) electrons. The van der Waals surface area contributed by atoms with Crippen molar-refractivity contribution < 1.29 is 22.8 Å². The molecule has 1 aromatic carbocycles. The zero-order valence-corrected chi connectivity index (χ0v) is 11.3. The number of nitrogens with one attached hydrogen (secondary N) is 2. The highest BCUT2D eigenvalue weighted by atomic mass is 19.2. The Kier molecular flexibility index (Phi) is 4.75. The summed E-state index contributed by atoms with van der Waals surface area (Å²) in [5.74, 6) is -5.89. The largest absolute Gasteiger partial charge is 0.350 e. The molecule has 0 bridgehead atoms. The van der Waals surface area contributed by atoms with Crippen LogP contribution in [0.25, 0.3) is 0 Å². The van der Waals surface area contributed by atoms with Gasteiger partial charge in [0.05, 0.1) is 6.54 Å². The highest BCUT2D eigenvalue weighted by Gasteiger charge is 2.17. The lowest BCUT2D eigenvalue weighted by Gasteiger charge is -2.20. The average Bonchev–Trinajstić information content (AvgIpc) is 2.30. The second kappa shape index (κ2) is 5.94. The molecule has 0 spiro atoms. The van der Waals surface area contributed by atoms with Gasteiger partial charge >= 0.3 is 0 Å². The summed E-state index contributed by atoms with van der Waals surface area (Å²) in [5.41, 5.74) is -0.861. The van der Waals surface area contributed by atoms with E-state index in [1.807, 2.05) is 0 Å². The third-order valence-corrected chi connectivity index (χ3v) is 2.17. The number of rotatable bonds is 3. The second-order valence-corrected chi connectivity index (χ2v) is 5.23. The van der Waals surface area contributed by atoms with Crippen molar-refractivity contribution in [1.82, 2.24) is 10.6 Å². The van der Waals surface area contributed by atoms with Crippen LogP contribution >= 0.6 is 0 Å². The van der Waals surface area contributed by atoms with Crippen LogP contribution in [0.3, 0.4) is 0 Å². The first kappa shape index (κ1) is 16.0. The van der Waals surface area contributed by atoms with Crippen LogP contribution in [0.2, 0.25) is 0 Å². The number of carbonyl (C=O) groups is 2. The minimum atomic E-state index is -1.65. The van der Waals surface area contributed by atoms with Crippen molar-refractivity contribution in [2.24, 2.45) is 0 Å². The van der Waals surface area contributed by atoms with E-state index < -0.39 is 40.4 Å². The van der Waals surface area contributed by atoms with E-state index in [1.54, 1.807) is 20.8 Å². The third-order valence-electron chi connectivity index (χ3n) is 2.17. The maximum atomic E-state index is 12.9. The van der Waals surface area contributed by atoms with Crippen LogP contribution in [0.5, 0.6) is 0 Å². The maximum Gasteiger partial charge on any atom is 0.251 e. The Morgan fingerprint density at radius 1 is 1.10 bits per heavy atom. The van der Waals surface area contributed by atoms with Gasteiger partial charge in [-0.05, 0) is 32.9 Å². The van der Waals surface area contributed by atoms with Crippen molar-refractivity contribution in [3.05, 3.63) is 35.1 Å². The molecule has 0 aliphatic rings. The molecular formula is C13H15F3N2O2. The molecule has 4 nitrogen and oxygen atoms in total. The van der Waals surface area contributed by atoms with Crippen LogP contribution < -0.4 is 10.6 Å². The van der Waals surface area contributed by atoms with Gasteiger partial charge in [0.2, 0.25) is 5.91 Å². The van der Waals surface area contributed by atoms with Gasteiger partial charge in [0.25, 0.3) is 5.91 Å². The zero-order valence-electron chi connectivity index (χ0n) is 11.3. The fourth-order valence-electron chi connectivity index (χ4n) is 1.41. The summed E-state index contributed by atoms with van der Waals surface area (Å²) in [6.45, 7) is 4.93. The number of hydrogen-bond acceptors (Lipinski definition) is 2. The number of hydrogen-bond donors (Lipinski definition) is 2. The van der Waals surface area contributed by atoms with E-state index in [0.29, 0.717) is 12.1 Å². The summed E-state index contributed by atoms with van der Waals surface area (Å²) >= 11 is 0. The second-order valence-electron chi connectivity index (χ2n) is 5.23. The van der Waals surface area contributed by atoms with Gasteiger partial charge in [0.1, 0.15) is 0 Å². The van der Waals surface area contributed by atoms with Crippen LogP contribution in [0.1, 0.15) is 31.1 Å². The summed E-state index contributed by atoms with van der Waals surface area (Å²) in [5, 5.41) is 4.78. The van der Waals surface area contributed by atoms with Crippen molar-refractivity contribution in [3.8, 4) is 0 Å². The summed E-state index contributed by atoms with van der Waals surface area (Å²) in [7, 11) is 0. The first-order chi connectivity index (χ1) is 9.10. The normalized spacial score (nSPS) is 11.1. The van der Waals surface area contributed by atoms with E-state index in [1.165, 1.54) is 0 Å². The van der Waals surface area contributed by atoms with E-state index in [-0.39, 0.29) is 6.54 Å². The molecule has 1 rings (SSSR count). The fourth-order valence-corrected chi connectivity index (χ4v) is 1.41. The quantitative estimate of drug-likeness (QED) is 0.833. The van der Waals surface area contributed by atoms with Crippen LogP contribution in [-0.2, 0) is 4.79 Å². The number of halogens is 3. The first-order valence-electron chi connectivity index (χ1n) is 5.84. The fraction of sp³-hybridized carbons (Fsp3) is 0.385. The predicted molar refractivity (Wildman–Crippen MR) is 66.5 cm³/mol. The molecule has 0 unspecified atom stereocenters. The van der Waals surface area contributed by atoms with Gasteiger partial charge in [0.15, 0.2) is 17.5 Å². The summed E-state index contributed by atoms with van der Waals surface area (Å²) in [4.78, 5) is 23.0. The molecule has 0 saturated carbocycles. The lowest BCUT2D eigenvalue weighted by Crippen LogP contribution is -2.45. The lowest BCUT2D eigenvalue weighted by molar-refractivity contribution is -0.121. The van der Waals surface area contributed by atoms with Crippen molar-refractivity contribution in [3.63, 3.8) is 0 Å². The molecule has 0 aromatic heterocycles. The summed E-state index contributed by atoms with van der Waals surface area (Å²) < 4.78 is 38.6. The molecule has 2 N–H and O–H groups in total. The molecule has 0 saturated heterocycles. The average molecular weight is 288 g/mol. The molecule has 110 valence electrons. The molecule has 0 fully saturated rings. The predicted octanol–water partition coefficient (Wildman–Crippen LogP) is 1.75. The van der Waals surface area contributed by atoms with Crippen LogP contribution in [-0.4, -0.2) is 23.9 Å². The van der Waals surface area contributed by atoms with Gasteiger partial charge in [0, 0.05) is 11.1 Å². The van der Waals surface area contributed by atoms with Gasteiger partial charge in [-0.15, -0.1) is 0 Å². The van der Waals surface area contributed by atoms with Gasteiger partial charge in [-0.1, -0.05) is 0 Å². The van der Waals surface area contributed by atoms with Gasteiger partial charge in [-0.2, -0.15) is 0 Å². The Hall–Kier alpha value is -2.05. The molecule has 7 heteroatoms. The molecule has 0 aliphatic carbocycles.